The Labute approximate surface area is 79.1 Å². The van der Waals surface area contributed by atoms with E-state index in [1.54, 1.807) is 6.08 Å². The van der Waals surface area contributed by atoms with Crippen molar-refractivity contribution >= 4 is 17.9 Å². The molecular formula is C10H15ClO. The molecule has 0 atom stereocenters. The first-order valence-corrected chi connectivity index (χ1v) is 4.56. The third-order valence-electron chi connectivity index (χ3n) is 1.59. The molecule has 0 unspecified atom stereocenters. The van der Waals surface area contributed by atoms with E-state index in [4.69, 9.17) is 11.6 Å². The van der Waals surface area contributed by atoms with Crippen molar-refractivity contribution in [2.24, 2.45) is 0 Å². The van der Waals surface area contributed by atoms with Gasteiger partial charge in [0.1, 0.15) is 6.29 Å². The maximum atomic E-state index is 10.1. The molecule has 0 spiro atoms. The number of rotatable bonds is 5. The van der Waals surface area contributed by atoms with E-state index in [1.165, 1.54) is 5.57 Å². The maximum absolute atomic E-state index is 10.1. The van der Waals surface area contributed by atoms with Crippen LogP contribution in [0, 0.1) is 0 Å². The van der Waals surface area contributed by atoms with Crippen molar-refractivity contribution in [3.05, 3.63) is 23.3 Å². The van der Waals surface area contributed by atoms with Gasteiger partial charge in [-0.2, -0.15) is 0 Å². The first-order valence-electron chi connectivity index (χ1n) is 4.03. The van der Waals surface area contributed by atoms with Crippen LogP contribution in [0.2, 0.25) is 0 Å². The van der Waals surface area contributed by atoms with E-state index in [0.29, 0.717) is 5.88 Å². The minimum absolute atomic E-state index is 0.594. The molecule has 0 aliphatic heterocycles. The van der Waals surface area contributed by atoms with Crippen molar-refractivity contribution in [1.82, 2.24) is 0 Å². The van der Waals surface area contributed by atoms with Crippen LogP contribution in [-0.4, -0.2) is 12.2 Å². The van der Waals surface area contributed by atoms with Gasteiger partial charge in [-0.15, -0.1) is 11.6 Å². The van der Waals surface area contributed by atoms with E-state index in [0.717, 1.165) is 24.7 Å². The number of hydrogen-bond donors (Lipinski definition) is 0. The summed E-state index contributed by atoms with van der Waals surface area (Å²) < 4.78 is 0. The van der Waals surface area contributed by atoms with Gasteiger partial charge in [0.05, 0.1) is 0 Å². The zero-order chi connectivity index (χ0) is 9.40. The van der Waals surface area contributed by atoms with Crippen LogP contribution in [0.15, 0.2) is 23.3 Å². The summed E-state index contributed by atoms with van der Waals surface area (Å²) in [5.41, 5.74) is 2.30. The molecule has 0 heterocycles. The fourth-order valence-corrected chi connectivity index (χ4v) is 0.909. The second-order valence-corrected chi connectivity index (χ2v) is 3.14. The highest BCUT2D eigenvalue weighted by Crippen LogP contribution is 2.06. The van der Waals surface area contributed by atoms with Gasteiger partial charge in [-0.25, -0.2) is 0 Å². The van der Waals surface area contributed by atoms with E-state index in [-0.39, 0.29) is 0 Å². The third kappa shape index (κ3) is 6.17. The summed E-state index contributed by atoms with van der Waals surface area (Å²) in [5.74, 6) is 0.594. The molecule has 0 saturated heterocycles. The summed E-state index contributed by atoms with van der Waals surface area (Å²) >= 11 is 5.59. The quantitative estimate of drug-likeness (QED) is 0.279. The summed E-state index contributed by atoms with van der Waals surface area (Å²) in [5, 5.41) is 0. The molecule has 0 bridgehead atoms. The van der Waals surface area contributed by atoms with Gasteiger partial charge in [-0.3, -0.25) is 4.79 Å². The largest absolute Gasteiger partial charge is 0.299 e. The molecule has 0 aliphatic carbocycles. The van der Waals surface area contributed by atoms with Gasteiger partial charge in [0.2, 0.25) is 0 Å². The molecule has 0 rings (SSSR count). The monoisotopic (exact) mass is 186 g/mol. The Balaban J connectivity index is 3.69. The van der Waals surface area contributed by atoms with E-state index < -0.39 is 0 Å². The molecule has 68 valence electrons. The lowest BCUT2D eigenvalue weighted by Crippen LogP contribution is -1.80. The number of halogens is 1. The lowest BCUT2D eigenvalue weighted by molar-refractivity contribution is -0.104. The van der Waals surface area contributed by atoms with Crippen LogP contribution < -0.4 is 0 Å². The normalized spacial score (nSPS) is 13.2. The standard InChI is InChI=1S/C10H15ClO/c1-9(6-7-12)4-3-5-10(2)8-11/h5-7H,3-4,8H2,1-2H3. The molecule has 0 aromatic carbocycles. The summed E-state index contributed by atoms with van der Waals surface area (Å²) in [6, 6.07) is 0. The highest BCUT2D eigenvalue weighted by atomic mass is 35.5. The topological polar surface area (TPSA) is 17.1 Å². The Morgan fingerprint density at radius 3 is 2.50 bits per heavy atom. The van der Waals surface area contributed by atoms with Crippen LogP contribution in [0.1, 0.15) is 26.7 Å². The Bertz CT molecular complexity index is 192. The van der Waals surface area contributed by atoms with E-state index in [2.05, 4.69) is 6.08 Å². The van der Waals surface area contributed by atoms with Crippen LogP contribution >= 0.6 is 11.6 Å². The molecule has 0 fully saturated rings. The van der Waals surface area contributed by atoms with Gasteiger partial charge in [0.25, 0.3) is 0 Å². The van der Waals surface area contributed by atoms with Crippen molar-refractivity contribution in [2.45, 2.75) is 26.7 Å². The zero-order valence-electron chi connectivity index (χ0n) is 7.64. The third-order valence-corrected chi connectivity index (χ3v) is 2.02. The molecule has 12 heavy (non-hydrogen) atoms. The van der Waals surface area contributed by atoms with Gasteiger partial charge in [-0.05, 0) is 32.8 Å². The highest BCUT2D eigenvalue weighted by Gasteiger charge is 1.88. The summed E-state index contributed by atoms with van der Waals surface area (Å²) in [4.78, 5) is 10.1. The van der Waals surface area contributed by atoms with E-state index in [9.17, 15) is 4.79 Å². The molecule has 2 heteroatoms. The molecule has 0 saturated carbocycles. The molecule has 0 radical (unpaired) electrons. The molecule has 1 nitrogen and oxygen atoms in total. The van der Waals surface area contributed by atoms with Crippen LogP contribution in [0.3, 0.4) is 0 Å². The predicted molar refractivity (Wildman–Crippen MR) is 53.5 cm³/mol. The summed E-state index contributed by atoms with van der Waals surface area (Å²) in [6.07, 6.45) is 6.44. The molecule has 0 N–H and O–H groups in total. The Morgan fingerprint density at radius 1 is 1.33 bits per heavy atom. The van der Waals surface area contributed by atoms with Gasteiger partial charge in [0, 0.05) is 5.88 Å². The zero-order valence-corrected chi connectivity index (χ0v) is 8.40. The number of aldehydes is 1. The molecule has 0 aliphatic rings. The van der Waals surface area contributed by atoms with Crippen molar-refractivity contribution in [3.8, 4) is 0 Å². The van der Waals surface area contributed by atoms with Gasteiger partial charge >= 0.3 is 0 Å². The van der Waals surface area contributed by atoms with Crippen LogP contribution in [0.25, 0.3) is 0 Å². The minimum Gasteiger partial charge on any atom is -0.299 e. The average molecular weight is 187 g/mol. The number of carbonyl (C=O) groups is 1. The minimum atomic E-state index is 0.594. The smallest absolute Gasteiger partial charge is 0.142 e. The summed E-state index contributed by atoms with van der Waals surface area (Å²) in [6.45, 7) is 3.96. The van der Waals surface area contributed by atoms with Gasteiger partial charge in [0.15, 0.2) is 0 Å². The van der Waals surface area contributed by atoms with Crippen molar-refractivity contribution < 1.29 is 4.79 Å². The number of alkyl halides is 1. The van der Waals surface area contributed by atoms with Crippen molar-refractivity contribution in [2.75, 3.05) is 5.88 Å². The second kappa shape index (κ2) is 7.11. The number of carbonyl (C=O) groups excluding carboxylic acids is 1. The Hall–Kier alpha value is -0.560. The Morgan fingerprint density at radius 2 is 2.00 bits per heavy atom. The lowest BCUT2D eigenvalue weighted by atomic mass is 10.1. The summed E-state index contributed by atoms with van der Waals surface area (Å²) in [7, 11) is 0. The SMILES string of the molecule is CC(=CCCC(C)=CC=O)CCl. The van der Waals surface area contributed by atoms with Crippen LogP contribution in [0.4, 0.5) is 0 Å². The van der Waals surface area contributed by atoms with Crippen LogP contribution in [-0.2, 0) is 4.79 Å². The van der Waals surface area contributed by atoms with Crippen LogP contribution in [0.5, 0.6) is 0 Å². The van der Waals surface area contributed by atoms with Crippen molar-refractivity contribution in [3.63, 3.8) is 0 Å². The van der Waals surface area contributed by atoms with Gasteiger partial charge in [-0.1, -0.05) is 17.2 Å². The average Bonchev–Trinajstić information content (AvgIpc) is 2.04. The second-order valence-electron chi connectivity index (χ2n) is 2.87. The number of hydrogen-bond acceptors (Lipinski definition) is 1. The first-order chi connectivity index (χ1) is 5.70. The fourth-order valence-electron chi connectivity index (χ4n) is 0.800. The molecule has 0 aromatic rings. The lowest BCUT2D eigenvalue weighted by Gasteiger charge is -1.96. The van der Waals surface area contributed by atoms with E-state index in [1.807, 2.05) is 13.8 Å². The fraction of sp³-hybridized carbons (Fsp3) is 0.500. The molecule has 0 amide bonds. The highest BCUT2D eigenvalue weighted by molar-refractivity contribution is 6.19. The first kappa shape index (κ1) is 11.4. The predicted octanol–water partition coefficient (Wildman–Crippen LogP) is 3.10. The maximum Gasteiger partial charge on any atom is 0.142 e. The number of allylic oxidation sites excluding steroid dienone is 4. The molecular weight excluding hydrogens is 172 g/mol. The van der Waals surface area contributed by atoms with E-state index >= 15 is 0 Å². The molecule has 0 aromatic heterocycles. The van der Waals surface area contributed by atoms with Crippen molar-refractivity contribution in [1.29, 1.82) is 0 Å². The Kier molecular flexibility index (Phi) is 6.78. The van der Waals surface area contributed by atoms with Gasteiger partial charge < -0.3 is 0 Å².